The number of carbonyl (C=O) groups excluding carboxylic acids is 1. The summed E-state index contributed by atoms with van der Waals surface area (Å²) in [4.78, 5) is 11.3. The van der Waals surface area contributed by atoms with E-state index < -0.39 is 43.5 Å². The van der Waals surface area contributed by atoms with E-state index in [0.717, 1.165) is 0 Å². The third kappa shape index (κ3) is 7.10. The molecule has 1 fully saturated rings. The number of cyclic esters (lactones) is 1. The molecule has 0 aromatic heterocycles. The van der Waals surface area contributed by atoms with Gasteiger partial charge in [0.15, 0.2) is 0 Å². The Bertz CT molecular complexity index is 318. The van der Waals surface area contributed by atoms with E-state index in [2.05, 4.69) is 0 Å². The molecule has 0 aliphatic carbocycles. The number of halogens is 4. The number of carbonyl (C=O) groups is 1. The third-order valence-electron chi connectivity index (χ3n) is 3.56. The Hall–Kier alpha value is -0.810. The van der Waals surface area contributed by atoms with Gasteiger partial charge in [-0.05, 0) is 25.2 Å². The van der Waals surface area contributed by atoms with Gasteiger partial charge in [-0.15, -0.1) is 0 Å². The lowest BCUT2D eigenvalue weighted by Crippen LogP contribution is -2.25. The Morgan fingerprint density at radius 3 is 2.25 bits per heavy atom. The Balaban J connectivity index is 2.60. The summed E-state index contributed by atoms with van der Waals surface area (Å²) in [5, 5.41) is 0. The van der Waals surface area contributed by atoms with Crippen molar-refractivity contribution >= 4 is 5.97 Å². The predicted molar refractivity (Wildman–Crippen MR) is 67.0 cm³/mol. The molecule has 1 aliphatic rings. The van der Waals surface area contributed by atoms with Crippen LogP contribution in [0.2, 0.25) is 0 Å². The standard InChI is InChI=1S/C14H22F4O2/c1-11-5-7-14(17,18)9-8-13(15,16)6-3-2-4-12(19)20-10-11/h11H,2-10H2,1H3/t11-/m1/s1. The molecule has 0 amide bonds. The Kier molecular flexibility index (Phi) is 6.27. The largest absolute Gasteiger partial charge is 0.465 e. The number of alkyl halides is 4. The van der Waals surface area contributed by atoms with Crippen LogP contribution in [0, 0.1) is 5.92 Å². The maximum atomic E-state index is 13.5. The molecular formula is C14H22F4O2. The van der Waals surface area contributed by atoms with Crippen molar-refractivity contribution in [1.82, 2.24) is 0 Å². The summed E-state index contributed by atoms with van der Waals surface area (Å²) in [5.74, 6) is -6.79. The Morgan fingerprint density at radius 1 is 1.00 bits per heavy atom. The van der Waals surface area contributed by atoms with Crippen molar-refractivity contribution in [3.63, 3.8) is 0 Å². The minimum absolute atomic E-state index is 0.110. The van der Waals surface area contributed by atoms with Gasteiger partial charge < -0.3 is 4.74 Å². The molecular weight excluding hydrogens is 276 g/mol. The van der Waals surface area contributed by atoms with Crippen molar-refractivity contribution in [1.29, 1.82) is 0 Å². The van der Waals surface area contributed by atoms with E-state index in [1.807, 2.05) is 0 Å². The first-order chi connectivity index (χ1) is 9.20. The van der Waals surface area contributed by atoms with E-state index in [4.69, 9.17) is 4.74 Å². The van der Waals surface area contributed by atoms with E-state index in [9.17, 15) is 22.4 Å². The highest BCUT2D eigenvalue weighted by atomic mass is 19.3. The summed E-state index contributed by atoms with van der Waals surface area (Å²) in [6.45, 7) is 1.83. The predicted octanol–water partition coefficient (Wildman–Crippen LogP) is 4.57. The van der Waals surface area contributed by atoms with Crippen LogP contribution >= 0.6 is 0 Å². The third-order valence-corrected chi connectivity index (χ3v) is 3.56. The molecule has 0 aromatic rings. The number of ether oxygens (including phenoxy) is 1. The topological polar surface area (TPSA) is 26.3 Å². The molecule has 1 atom stereocenters. The highest BCUT2D eigenvalue weighted by molar-refractivity contribution is 5.69. The summed E-state index contributed by atoms with van der Waals surface area (Å²) < 4.78 is 58.9. The van der Waals surface area contributed by atoms with Gasteiger partial charge in [0.2, 0.25) is 11.8 Å². The highest BCUT2D eigenvalue weighted by Gasteiger charge is 2.36. The molecule has 0 spiro atoms. The van der Waals surface area contributed by atoms with Crippen molar-refractivity contribution in [2.24, 2.45) is 5.92 Å². The minimum Gasteiger partial charge on any atom is -0.465 e. The van der Waals surface area contributed by atoms with Gasteiger partial charge in [-0.1, -0.05) is 6.92 Å². The lowest BCUT2D eigenvalue weighted by molar-refractivity contribution is -0.145. The van der Waals surface area contributed by atoms with E-state index >= 15 is 0 Å². The van der Waals surface area contributed by atoms with E-state index in [-0.39, 0.29) is 31.8 Å². The van der Waals surface area contributed by atoms with Gasteiger partial charge in [-0.25, -0.2) is 17.6 Å². The molecule has 0 radical (unpaired) electrons. The van der Waals surface area contributed by atoms with Crippen LogP contribution < -0.4 is 0 Å². The van der Waals surface area contributed by atoms with E-state index in [1.54, 1.807) is 6.92 Å². The average molecular weight is 298 g/mol. The molecule has 1 saturated heterocycles. The van der Waals surface area contributed by atoms with Crippen LogP contribution in [0.3, 0.4) is 0 Å². The first-order valence-electron chi connectivity index (χ1n) is 7.11. The van der Waals surface area contributed by atoms with Crippen LogP contribution in [0.4, 0.5) is 17.6 Å². The second-order valence-corrected chi connectivity index (χ2v) is 5.75. The van der Waals surface area contributed by atoms with Crippen LogP contribution in [0.15, 0.2) is 0 Å². The van der Waals surface area contributed by atoms with Crippen molar-refractivity contribution in [2.45, 2.75) is 70.1 Å². The smallest absolute Gasteiger partial charge is 0.305 e. The van der Waals surface area contributed by atoms with Gasteiger partial charge >= 0.3 is 5.97 Å². The lowest BCUT2D eigenvalue weighted by Gasteiger charge is -2.23. The summed E-state index contributed by atoms with van der Waals surface area (Å²) in [7, 11) is 0. The van der Waals surface area contributed by atoms with Gasteiger partial charge in [0.25, 0.3) is 0 Å². The van der Waals surface area contributed by atoms with Crippen molar-refractivity contribution in [3.05, 3.63) is 0 Å². The van der Waals surface area contributed by atoms with E-state index in [1.165, 1.54) is 0 Å². The van der Waals surface area contributed by atoms with Gasteiger partial charge in [0, 0.05) is 32.1 Å². The van der Waals surface area contributed by atoms with Crippen molar-refractivity contribution < 1.29 is 27.1 Å². The molecule has 0 unspecified atom stereocenters. The quantitative estimate of drug-likeness (QED) is 0.483. The maximum Gasteiger partial charge on any atom is 0.305 e. The van der Waals surface area contributed by atoms with Crippen LogP contribution in [0.5, 0.6) is 0 Å². The molecule has 0 saturated carbocycles. The van der Waals surface area contributed by atoms with Crippen LogP contribution in [-0.4, -0.2) is 24.4 Å². The second-order valence-electron chi connectivity index (χ2n) is 5.75. The van der Waals surface area contributed by atoms with Crippen molar-refractivity contribution in [3.8, 4) is 0 Å². The normalized spacial score (nSPS) is 29.2. The zero-order chi connectivity index (χ0) is 15.2. The number of hydrogen-bond donors (Lipinski definition) is 0. The molecule has 0 bridgehead atoms. The Labute approximate surface area is 116 Å². The SMILES string of the molecule is C[C@@H]1CCC(F)(F)CCC(F)(F)CCCCC(=O)OC1. The molecule has 118 valence electrons. The fourth-order valence-electron chi connectivity index (χ4n) is 2.12. The fourth-order valence-corrected chi connectivity index (χ4v) is 2.12. The average Bonchev–Trinajstić information content (AvgIpc) is 2.36. The summed E-state index contributed by atoms with van der Waals surface area (Å²) >= 11 is 0. The monoisotopic (exact) mass is 298 g/mol. The molecule has 1 rings (SSSR count). The summed E-state index contributed by atoms with van der Waals surface area (Å²) in [6, 6.07) is 0. The highest BCUT2D eigenvalue weighted by Crippen LogP contribution is 2.35. The zero-order valence-corrected chi connectivity index (χ0v) is 11.8. The number of hydrogen-bond acceptors (Lipinski definition) is 2. The van der Waals surface area contributed by atoms with Gasteiger partial charge in [-0.3, -0.25) is 4.79 Å². The molecule has 1 aliphatic heterocycles. The zero-order valence-electron chi connectivity index (χ0n) is 11.8. The molecule has 0 N–H and O–H groups in total. The first-order valence-corrected chi connectivity index (χ1v) is 7.11. The molecule has 0 aromatic carbocycles. The summed E-state index contributed by atoms with van der Waals surface area (Å²) in [6.07, 6.45) is -1.76. The van der Waals surface area contributed by atoms with Crippen LogP contribution in [0.1, 0.15) is 58.3 Å². The molecule has 2 nitrogen and oxygen atoms in total. The number of rotatable bonds is 0. The van der Waals surface area contributed by atoms with E-state index in [0.29, 0.717) is 6.42 Å². The Morgan fingerprint density at radius 2 is 1.60 bits per heavy atom. The van der Waals surface area contributed by atoms with Gasteiger partial charge in [0.1, 0.15) is 0 Å². The molecule has 6 heteroatoms. The van der Waals surface area contributed by atoms with Crippen molar-refractivity contribution in [2.75, 3.05) is 6.61 Å². The maximum absolute atomic E-state index is 13.5. The second kappa shape index (κ2) is 7.27. The van der Waals surface area contributed by atoms with Gasteiger partial charge in [0.05, 0.1) is 6.61 Å². The van der Waals surface area contributed by atoms with Gasteiger partial charge in [-0.2, -0.15) is 0 Å². The fraction of sp³-hybridized carbons (Fsp3) is 0.929. The first kappa shape index (κ1) is 17.2. The molecule has 20 heavy (non-hydrogen) atoms. The lowest BCUT2D eigenvalue weighted by atomic mass is 9.97. The molecule has 1 heterocycles. The number of esters is 1. The van der Waals surface area contributed by atoms with Crippen LogP contribution in [-0.2, 0) is 9.53 Å². The van der Waals surface area contributed by atoms with Crippen LogP contribution in [0.25, 0.3) is 0 Å². The summed E-state index contributed by atoms with van der Waals surface area (Å²) in [5.41, 5.74) is 0. The minimum atomic E-state index is -3.08.